The lowest BCUT2D eigenvalue weighted by Crippen LogP contribution is -2.54. The van der Waals surface area contributed by atoms with Crippen molar-refractivity contribution >= 4 is 28.7 Å². The monoisotopic (exact) mass is 534 g/mol. The van der Waals surface area contributed by atoms with Gasteiger partial charge >= 0.3 is 6.03 Å². The number of hydrogen-bond donors (Lipinski definition) is 2. The smallest absolute Gasteiger partial charge is 0.321 e. The van der Waals surface area contributed by atoms with Crippen LogP contribution in [-0.2, 0) is 0 Å². The van der Waals surface area contributed by atoms with Gasteiger partial charge in [0.25, 0.3) is 0 Å². The van der Waals surface area contributed by atoms with Crippen molar-refractivity contribution in [3.63, 3.8) is 0 Å². The minimum Gasteiger partial charge on any atom is -0.354 e. The molecule has 0 aliphatic carbocycles. The fourth-order valence-corrected chi connectivity index (χ4v) is 4.90. The van der Waals surface area contributed by atoms with Gasteiger partial charge < -0.3 is 15.5 Å². The number of para-hydroxylation sites is 1. The molecule has 1 fully saturated rings. The number of fused-ring (bicyclic) bond motifs is 1. The van der Waals surface area contributed by atoms with Crippen LogP contribution in [0, 0.1) is 0 Å². The Balaban J connectivity index is 1.08. The standard InChI is InChI=1S/C29H30N10O/c1-37-16-17-38(29(40)34-22-6-3-2-4-7-22)19-23(37)11-14-30-28-31-15-12-27(35-28)39-20-32-25-18-21(9-10-26(25)39)24-8-5-13-33-36-24/h2-10,12-13,15,18,20,23H,11,14,16-17,19H2,1H3,(H,34,40)(H,30,31,35). The predicted molar refractivity (Wildman–Crippen MR) is 154 cm³/mol. The maximum absolute atomic E-state index is 12.8. The summed E-state index contributed by atoms with van der Waals surface area (Å²) in [5, 5.41) is 14.5. The highest BCUT2D eigenvalue weighted by molar-refractivity contribution is 5.89. The van der Waals surface area contributed by atoms with Crippen molar-refractivity contribution in [1.29, 1.82) is 0 Å². The van der Waals surface area contributed by atoms with Crippen LogP contribution in [0.3, 0.4) is 0 Å². The van der Waals surface area contributed by atoms with Crippen molar-refractivity contribution < 1.29 is 4.79 Å². The van der Waals surface area contributed by atoms with Crippen LogP contribution in [0.25, 0.3) is 28.1 Å². The third kappa shape index (κ3) is 5.59. The van der Waals surface area contributed by atoms with E-state index in [1.807, 2.05) is 76.2 Å². The minimum atomic E-state index is -0.0651. The molecule has 2 aromatic carbocycles. The number of piperazine rings is 1. The largest absolute Gasteiger partial charge is 0.354 e. The summed E-state index contributed by atoms with van der Waals surface area (Å²) >= 11 is 0. The van der Waals surface area contributed by atoms with E-state index in [1.165, 1.54) is 0 Å². The first-order valence-electron chi connectivity index (χ1n) is 13.3. The average molecular weight is 535 g/mol. The Kier molecular flexibility index (Phi) is 7.27. The van der Waals surface area contributed by atoms with Gasteiger partial charge in [-0.15, -0.1) is 0 Å². The summed E-state index contributed by atoms with van der Waals surface area (Å²) in [5.41, 5.74) is 4.35. The van der Waals surface area contributed by atoms with E-state index in [4.69, 9.17) is 4.98 Å². The van der Waals surface area contributed by atoms with Crippen LogP contribution >= 0.6 is 0 Å². The highest BCUT2D eigenvalue weighted by Gasteiger charge is 2.27. The third-order valence-electron chi connectivity index (χ3n) is 7.15. The minimum absolute atomic E-state index is 0.0651. The zero-order chi connectivity index (χ0) is 27.3. The predicted octanol–water partition coefficient (Wildman–Crippen LogP) is 3.92. The Hall–Kier alpha value is -4.90. The van der Waals surface area contributed by atoms with Crippen molar-refractivity contribution in [3.8, 4) is 17.1 Å². The first kappa shape index (κ1) is 25.4. The number of likely N-dealkylation sites (N-methyl/N-ethyl adjacent to an activating group) is 1. The maximum atomic E-state index is 12.8. The second kappa shape index (κ2) is 11.5. The molecule has 5 aromatic rings. The van der Waals surface area contributed by atoms with Crippen LogP contribution in [0.2, 0.25) is 0 Å². The topological polar surface area (TPSA) is 117 Å². The van der Waals surface area contributed by atoms with Crippen LogP contribution < -0.4 is 10.6 Å². The molecule has 1 unspecified atom stereocenters. The highest BCUT2D eigenvalue weighted by Crippen LogP contribution is 2.24. The van der Waals surface area contributed by atoms with Crippen molar-refractivity contribution in [2.24, 2.45) is 0 Å². The number of nitrogens with zero attached hydrogens (tertiary/aromatic N) is 8. The average Bonchev–Trinajstić information content (AvgIpc) is 3.43. The summed E-state index contributed by atoms with van der Waals surface area (Å²) in [6, 6.07) is 21.4. The van der Waals surface area contributed by atoms with Gasteiger partial charge in [0.15, 0.2) is 0 Å². The van der Waals surface area contributed by atoms with Gasteiger partial charge in [-0.3, -0.25) is 9.47 Å². The molecule has 1 saturated heterocycles. The van der Waals surface area contributed by atoms with Crippen LogP contribution in [-0.4, -0.2) is 84.8 Å². The Morgan fingerprint density at radius 3 is 2.75 bits per heavy atom. The zero-order valence-corrected chi connectivity index (χ0v) is 22.2. The van der Waals surface area contributed by atoms with E-state index in [-0.39, 0.29) is 12.1 Å². The number of imidazole rings is 1. The van der Waals surface area contributed by atoms with Crippen LogP contribution in [0.4, 0.5) is 16.4 Å². The lowest BCUT2D eigenvalue weighted by Gasteiger charge is -2.39. The number of benzene rings is 2. The van der Waals surface area contributed by atoms with Gasteiger partial charge in [-0.2, -0.15) is 15.2 Å². The van der Waals surface area contributed by atoms with E-state index in [2.05, 4.69) is 42.7 Å². The van der Waals surface area contributed by atoms with Gasteiger partial charge in [0.05, 0.1) is 16.7 Å². The summed E-state index contributed by atoms with van der Waals surface area (Å²) in [7, 11) is 2.11. The van der Waals surface area contributed by atoms with E-state index in [0.29, 0.717) is 25.6 Å². The fourth-order valence-electron chi connectivity index (χ4n) is 4.90. The van der Waals surface area contributed by atoms with E-state index >= 15 is 0 Å². The van der Waals surface area contributed by atoms with Gasteiger partial charge in [-0.05, 0) is 55.9 Å². The quantitative estimate of drug-likeness (QED) is 0.323. The number of carbonyl (C=O) groups excluding carboxylic acids is 1. The first-order valence-corrected chi connectivity index (χ1v) is 13.3. The molecular formula is C29H30N10O. The summed E-state index contributed by atoms with van der Waals surface area (Å²) in [6.07, 6.45) is 6.01. The first-order chi connectivity index (χ1) is 19.6. The molecule has 3 aromatic heterocycles. The number of rotatable bonds is 7. The number of aromatic nitrogens is 6. The van der Waals surface area contributed by atoms with Crippen LogP contribution in [0.15, 0.2) is 85.5 Å². The van der Waals surface area contributed by atoms with Crippen LogP contribution in [0.1, 0.15) is 6.42 Å². The van der Waals surface area contributed by atoms with E-state index in [1.54, 1.807) is 18.7 Å². The Labute approximate surface area is 231 Å². The number of amides is 2. The Morgan fingerprint density at radius 2 is 1.90 bits per heavy atom. The van der Waals surface area contributed by atoms with Gasteiger partial charge in [0.2, 0.25) is 5.95 Å². The second-order valence-electron chi connectivity index (χ2n) is 9.76. The molecule has 1 aliphatic heterocycles. The van der Waals surface area contributed by atoms with Crippen LogP contribution in [0.5, 0.6) is 0 Å². The Bertz CT molecular complexity index is 1590. The van der Waals surface area contributed by atoms with Crippen molar-refractivity contribution in [2.75, 3.05) is 43.9 Å². The van der Waals surface area contributed by atoms with E-state index < -0.39 is 0 Å². The molecule has 4 heterocycles. The SMILES string of the molecule is CN1CCN(C(=O)Nc2ccccc2)CC1CCNc1nccc(-n2cnc3cc(-c4cccnn4)ccc32)n1. The Morgan fingerprint density at radius 1 is 1.00 bits per heavy atom. The molecule has 0 spiro atoms. The highest BCUT2D eigenvalue weighted by atomic mass is 16.2. The van der Waals surface area contributed by atoms with Gasteiger partial charge in [-0.1, -0.05) is 24.3 Å². The molecular weight excluding hydrogens is 504 g/mol. The third-order valence-corrected chi connectivity index (χ3v) is 7.15. The number of hydrogen-bond acceptors (Lipinski definition) is 8. The van der Waals surface area contributed by atoms with Crippen molar-refractivity contribution in [3.05, 3.63) is 85.5 Å². The van der Waals surface area contributed by atoms with Crippen molar-refractivity contribution in [1.82, 2.24) is 39.5 Å². The molecule has 2 amide bonds. The number of urea groups is 1. The zero-order valence-electron chi connectivity index (χ0n) is 22.2. The summed E-state index contributed by atoms with van der Waals surface area (Å²) in [6.45, 7) is 2.86. The van der Waals surface area contributed by atoms with Crippen molar-refractivity contribution in [2.45, 2.75) is 12.5 Å². The normalized spacial score (nSPS) is 15.7. The molecule has 2 N–H and O–H groups in total. The van der Waals surface area contributed by atoms with Gasteiger partial charge in [-0.25, -0.2) is 14.8 Å². The summed E-state index contributed by atoms with van der Waals surface area (Å²) < 4.78 is 1.95. The molecule has 6 rings (SSSR count). The van der Waals surface area contributed by atoms with Gasteiger partial charge in [0.1, 0.15) is 12.1 Å². The fraction of sp³-hybridized carbons (Fsp3) is 0.241. The molecule has 202 valence electrons. The number of carbonyl (C=O) groups is 1. The second-order valence-corrected chi connectivity index (χ2v) is 9.76. The summed E-state index contributed by atoms with van der Waals surface area (Å²) in [5.74, 6) is 1.28. The van der Waals surface area contributed by atoms with Gasteiger partial charge in [0, 0.05) is 55.9 Å². The molecule has 40 heavy (non-hydrogen) atoms. The molecule has 11 heteroatoms. The molecule has 0 saturated carbocycles. The van der Waals surface area contributed by atoms with E-state index in [9.17, 15) is 4.79 Å². The molecule has 0 bridgehead atoms. The van der Waals surface area contributed by atoms with E-state index in [0.717, 1.165) is 46.8 Å². The number of nitrogens with one attached hydrogen (secondary N) is 2. The lowest BCUT2D eigenvalue weighted by atomic mass is 10.1. The molecule has 1 atom stereocenters. The lowest BCUT2D eigenvalue weighted by molar-refractivity contribution is 0.113. The molecule has 11 nitrogen and oxygen atoms in total. The summed E-state index contributed by atoms with van der Waals surface area (Å²) in [4.78, 5) is 30.7. The molecule has 0 radical (unpaired) electrons. The number of anilines is 2. The maximum Gasteiger partial charge on any atom is 0.321 e. The molecule has 1 aliphatic rings.